The molecule has 0 atom stereocenters. The van der Waals surface area contributed by atoms with Gasteiger partial charge in [-0.25, -0.2) is 0 Å². The molecule has 0 aromatic heterocycles. The summed E-state index contributed by atoms with van der Waals surface area (Å²) in [6, 6.07) is 0. The molecular weight excluding hydrogens is 146 g/mol. The van der Waals surface area contributed by atoms with Crippen LogP contribution in [0.15, 0.2) is 0 Å². The predicted octanol–water partition coefficient (Wildman–Crippen LogP) is 2.52. The number of terminal acetylenes is 1. The van der Waals surface area contributed by atoms with E-state index < -0.39 is 0 Å². The Bertz CT molecular complexity index is 153. The molecule has 70 valence electrons. The van der Waals surface area contributed by atoms with Crippen molar-refractivity contribution in [1.82, 2.24) is 4.90 Å². The minimum Gasteiger partial charge on any atom is -0.291 e. The fourth-order valence-electron chi connectivity index (χ4n) is 0.989. The average molecular weight is 167 g/mol. The van der Waals surface area contributed by atoms with Crippen molar-refractivity contribution in [3.8, 4) is 12.3 Å². The molecule has 0 aromatic carbocycles. The zero-order chi connectivity index (χ0) is 9.61. The van der Waals surface area contributed by atoms with Gasteiger partial charge >= 0.3 is 0 Å². The van der Waals surface area contributed by atoms with E-state index in [-0.39, 0.29) is 5.54 Å². The summed E-state index contributed by atoms with van der Waals surface area (Å²) < 4.78 is 0. The van der Waals surface area contributed by atoms with Crippen molar-refractivity contribution in [2.75, 3.05) is 13.6 Å². The van der Waals surface area contributed by atoms with E-state index in [1.54, 1.807) is 0 Å². The van der Waals surface area contributed by atoms with Crippen LogP contribution in [0.2, 0.25) is 0 Å². The summed E-state index contributed by atoms with van der Waals surface area (Å²) in [5.41, 5.74) is -0.0895. The first-order valence-electron chi connectivity index (χ1n) is 4.73. The second kappa shape index (κ2) is 5.22. The van der Waals surface area contributed by atoms with Gasteiger partial charge in [0.05, 0.1) is 5.54 Å². The van der Waals surface area contributed by atoms with Gasteiger partial charge in [0.15, 0.2) is 0 Å². The molecule has 0 amide bonds. The molecule has 0 fully saturated rings. The maximum absolute atomic E-state index is 5.42. The van der Waals surface area contributed by atoms with Crippen LogP contribution >= 0.6 is 0 Å². The highest BCUT2D eigenvalue weighted by Crippen LogP contribution is 2.11. The maximum atomic E-state index is 5.42. The van der Waals surface area contributed by atoms with Gasteiger partial charge in [-0.15, -0.1) is 6.42 Å². The van der Waals surface area contributed by atoms with Crippen molar-refractivity contribution >= 4 is 0 Å². The Morgan fingerprint density at radius 1 is 1.33 bits per heavy atom. The van der Waals surface area contributed by atoms with Gasteiger partial charge in [0.2, 0.25) is 0 Å². The molecule has 0 rings (SSSR count). The Morgan fingerprint density at radius 3 is 2.33 bits per heavy atom. The fourth-order valence-corrected chi connectivity index (χ4v) is 0.989. The van der Waals surface area contributed by atoms with E-state index >= 15 is 0 Å². The van der Waals surface area contributed by atoms with Crippen LogP contribution in [0.3, 0.4) is 0 Å². The topological polar surface area (TPSA) is 3.24 Å². The zero-order valence-corrected chi connectivity index (χ0v) is 8.85. The van der Waals surface area contributed by atoms with Crippen LogP contribution in [0.25, 0.3) is 0 Å². The van der Waals surface area contributed by atoms with Gasteiger partial charge in [-0.1, -0.05) is 25.7 Å². The Kier molecular flexibility index (Phi) is 5.01. The summed E-state index contributed by atoms with van der Waals surface area (Å²) in [6.45, 7) is 7.48. The molecule has 1 heteroatoms. The minimum absolute atomic E-state index is 0.0895. The highest BCUT2D eigenvalue weighted by Gasteiger charge is 2.18. The first-order chi connectivity index (χ1) is 5.54. The molecule has 0 radical (unpaired) electrons. The number of rotatable bonds is 5. The van der Waals surface area contributed by atoms with Gasteiger partial charge in [-0.3, -0.25) is 4.90 Å². The van der Waals surface area contributed by atoms with E-state index in [0.717, 1.165) is 6.54 Å². The lowest BCUT2D eigenvalue weighted by atomic mass is 10.0. The van der Waals surface area contributed by atoms with Crippen LogP contribution in [0, 0.1) is 12.3 Å². The van der Waals surface area contributed by atoms with Crippen LogP contribution < -0.4 is 0 Å². The molecule has 1 nitrogen and oxygen atoms in total. The Labute approximate surface area is 77.1 Å². The van der Waals surface area contributed by atoms with Crippen LogP contribution in [-0.4, -0.2) is 24.0 Å². The molecule has 12 heavy (non-hydrogen) atoms. The van der Waals surface area contributed by atoms with Gasteiger partial charge in [0, 0.05) is 0 Å². The summed E-state index contributed by atoms with van der Waals surface area (Å²) in [7, 11) is 2.09. The normalized spacial score (nSPS) is 11.7. The van der Waals surface area contributed by atoms with E-state index in [1.807, 2.05) is 0 Å². The van der Waals surface area contributed by atoms with Gasteiger partial charge < -0.3 is 0 Å². The van der Waals surface area contributed by atoms with Crippen LogP contribution in [0.1, 0.15) is 40.0 Å². The summed E-state index contributed by atoms with van der Waals surface area (Å²) in [5, 5.41) is 0. The quantitative estimate of drug-likeness (QED) is 0.449. The van der Waals surface area contributed by atoms with Gasteiger partial charge in [0.25, 0.3) is 0 Å². The third-order valence-electron chi connectivity index (χ3n) is 2.40. The SMILES string of the molecule is C#CC(C)(C)N(C)CCCCC. The van der Waals surface area contributed by atoms with Gasteiger partial charge in [0.1, 0.15) is 0 Å². The summed E-state index contributed by atoms with van der Waals surface area (Å²) in [5.74, 6) is 2.79. The number of nitrogens with zero attached hydrogens (tertiary/aromatic N) is 1. The number of hydrogen-bond acceptors (Lipinski definition) is 1. The standard InChI is InChI=1S/C11H21N/c1-6-8-9-10-12(5)11(3,4)7-2/h2H,6,8-10H2,1,3-5H3. The van der Waals surface area contributed by atoms with Crippen LogP contribution in [0.5, 0.6) is 0 Å². The average Bonchev–Trinajstić information content (AvgIpc) is 2.05. The Hall–Kier alpha value is -0.480. The highest BCUT2D eigenvalue weighted by molar-refractivity contribution is 5.07. The molecule has 0 saturated carbocycles. The largest absolute Gasteiger partial charge is 0.291 e. The molecule has 0 aliphatic heterocycles. The summed E-state index contributed by atoms with van der Waals surface area (Å²) in [4.78, 5) is 2.24. The van der Waals surface area contributed by atoms with Crippen molar-refractivity contribution in [3.63, 3.8) is 0 Å². The molecule has 0 bridgehead atoms. The molecule has 0 aromatic rings. The summed E-state index contributed by atoms with van der Waals surface area (Å²) >= 11 is 0. The second-order valence-electron chi connectivity index (χ2n) is 3.83. The lowest BCUT2D eigenvalue weighted by Crippen LogP contribution is -2.40. The molecule has 0 N–H and O–H groups in total. The first kappa shape index (κ1) is 11.5. The van der Waals surface area contributed by atoms with Gasteiger partial charge in [-0.05, 0) is 33.9 Å². The van der Waals surface area contributed by atoms with Crippen LogP contribution in [-0.2, 0) is 0 Å². The zero-order valence-electron chi connectivity index (χ0n) is 8.85. The third kappa shape index (κ3) is 3.78. The molecule has 0 saturated heterocycles. The number of hydrogen-bond donors (Lipinski definition) is 0. The molecular formula is C11H21N. The smallest absolute Gasteiger partial charge is 0.0763 e. The predicted molar refractivity (Wildman–Crippen MR) is 55.1 cm³/mol. The minimum atomic E-state index is -0.0895. The van der Waals surface area contributed by atoms with Crippen LogP contribution in [0.4, 0.5) is 0 Å². The fraction of sp³-hybridized carbons (Fsp3) is 0.818. The van der Waals surface area contributed by atoms with Crippen molar-refractivity contribution in [1.29, 1.82) is 0 Å². The Morgan fingerprint density at radius 2 is 1.92 bits per heavy atom. The lowest BCUT2D eigenvalue weighted by molar-refractivity contribution is 0.210. The van der Waals surface area contributed by atoms with E-state index in [2.05, 4.69) is 38.6 Å². The highest BCUT2D eigenvalue weighted by atomic mass is 15.1. The molecule has 0 unspecified atom stereocenters. The van der Waals surface area contributed by atoms with E-state index in [9.17, 15) is 0 Å². The molecule has 0 aliphatic rings. The first-order valence-corrected chi connectivity index (χ1v) is 4.73. The maximum Gasteiger partial charge on any atom is 0.0763 e. The molecule has 0 spiro atoms. The monoisotopic (exact) mass is 167 g/mol. The van der Waals surface area contributed by atoms with E-state index in [4.69, 9.17) is 6.42 Å². The van der Waals surface area contributed by atoms with Crippen molar-refractivity contribution in [2.45, 2.75) is 45.6 Å². The molecule has 0 aliphatic carbocycles. The Balaban J connectivity index is 3.73. The van der Waals surface area contributed by atoms with E-state index in [1.165, 1.54) is 19.3 Å². The van der Waals surface area contributed by atoms with Crippen molar-refractivity contribution in [2.24, 2.45) is 0 Å². The third-order valence-corrected chi connectivity index (χ3v) is 2.40. The number of unbranched alkanes of at least 4 members (excludes halogenated alkanes) is 2. The lowest BCUT2D eigenvalue weighted by Gasteiger charge is -2.30. The summed E-state index contributed by atoms with van der Waals surface area (Å²) in [6.07, 6.45) is 9.23. The van der Waals surface area contributed by atoms with Crippen molar-refractivity contribution in [3.05, 3.63) is 0 Å². The van der Waals surface area contributed by atoms with E-state index in [0.29, 0.717) is 0 Å². The second-order valence-corrected chi connectivity index (χ2v) is 3.83. The molecule has 0 heterocycles. The van der Waals surface area contributed by atoms with Gasteiger partial charge in [-0.2, -0.15) is 0 Å². The van der Waals surface area contributed by atoms with Crippen molar-refractivity contribution < 1.29 is 0 Å².